The summed E-state index contributed by atoms with van der Waals surface area (Å²) in [7, 11) is 0. The van der Waals surface area contributed by atoms with Crippen LogP contribution in [0.4, 0.5) is 0 Å². The molecule has 80 heavy (non-hydrogen) atoms. The Morgan fingerprint density at radius 3 is 0.775 bits per heavy atom. The third kappa shape index (κ3) is 65.1. The molecule has 0 saturated carbocycles. The molecule has 1 unspecified atom stereocenters. The molecule has 1 atom stereocenters. The number of carbonyl (C=O) groups is 3. The zero-order valence-corrected chi connectivity index (χ0v) is 52.8. The van der Waals surface area contributed by atoms with Crippen LogP contribution in [0, 0.1) is 0 Å². The molecule has 0 radical (unpaired) electrons. The van der Waals surface area contributed by atoms with Gasteiger partial charge in [0.2, 0.25) is 0 Å². The summed E-state index contributed by atoms with van der Waals surface area (Å²) in [6.45, 7) is 6.55. The highest BCUT2D eigenvalue weighted by Crippen LogP contribution is 2.17. The molecule has 0 heterocycles. The molecule has 0 aliphatic carbocycles. The van der Waals surface area contributed by atoms with Gasteiger partial charge in [0.25, 0.3) is 0 Å². The molecule has 0 aromatic carbocycles. The first kappa shape index (κ1) is 76.3. The minimum atomic E-state index is -0.783. The highest BCUT2D eigenvalue weighted by atomic mass is 16.6. The lowest BCUT2D eigenvalue weighted by molar-refractivity contribution is -0.167. The largest absolute Gasteiger partial charge is 0.462 e. The van der Waals surface area contributed by atoms with Gasteiger partial charge in [-0.25, -0.2) is 0 Å². The van der Waals surface area contributed by atoms with Crippen molar-refractivity contribution in [2.75, 3.05) is 13.2 Å². The number of unbranched alkanes of at least 4 members (excludes halogenated alkanes) is 35. The second-order valence-electron chi connectivity index (χ2n) is 22.7. The van der Waals surface area contributed by atoms with Crippen LogP contribution in [0.2, 0.25) is 0 Å². The third-order valence-corrected chi connectivity index (χ3v) is 14.8. The van der Waals surface area contributed by atoms with Gasteiger partial charge < -0.3 is 14.2 Å². The summed E-state index contributed by atoms with van der Waals surface area (Å²) in [5.74, 6) is -0.878. The monoisotopic (exact) mass is 1110 g/mol. The Labute approximate surface area is 496 Å². The van der Waals surface area contributed by atoms with Crippen molar-refractivity contribution in [2.24, 2.45) is 0 Å². The quantitative estimate of drug-likeness (QED) is 0.0261. The van der Waals surface area contributed by atoms with Gasteiger partial charge in [-0.3, -0.25) is 14.4 Å². The molecule has 0 N–H and O–H groups in total. The zero-order chi connectivity index (χ0) is 57.8. The first-order chi connectivity index (χ1) is 39.5. The van der Waals surface area contributed by atoms with Crippen molar-refractivity contribution >= 4 is 17.9 Å². The molecule has 0 saturated heterocycles. The second kappa shape index (κ2) is 67.8. The molecule has 0 aromatic rings. The van der Waals surface area contributed by atoms with Crippen molar-refractivity contribution in [3.05, 3.63) is 97.2 Å². The number of allylic oxidation sites excluding steroid dienone is 16. The van der Waals surface area contributed by atoms with Crippen LogP contribution in [0.1, 0.15) is 335 Å². The van der Waals surface area contributed by atoms with Crippen LogP contribution in [0.25, 0.3) is 0 Å². The average molecular weight is 1110 g/mol. The van der Waals surface area contributed by atoms with Gasteiger partial charge >= 0.3 is 17.9 Å². The maximum atomic E-state index is 12.9. The lowest BCUT2D eigenvalue weighted by atomic mass is 10.0. The normalized spacial score (nSPS) is 12.7. The maximum absolute atomic E-state index is 12.9. The molecule has 0 aliphatic heterocycles. The van der Waals surface area contributed by atoms with E-state index in [0.29, 0.717) is 19.3 Å². The smallest absolute Gasteiger partial charge is 0.306 e. The molecule has 0 aromatic heterocycles. The molecule has 0 aliphatic rings. The van der Waals surface area contributed by atoms with Crippen molar-refractivity contribution in [3.8, 4) is 0 Å². The van der Waals surface area contributed by atoms with Gasteiger partial charge in [0, 0.05) is 19.3 Å². The van der Waals surface area contributed by atoms with E-state index in [1.165, 1.54) is 186 Å². The second-order valence-corrected chi connectivity index (χ2v) is 22.7. The number of ether oxygens (including phenoxy) is 3. The third-order valence-electron chi connectivity index (χ3n) is 14.8. The van der Waals surface area contributed by atoms with E-state index < -0.39 is 6.10 Å². The molecule has 0 rings (SSSR count). The summed E-state index contributed by atoms with van der Waals surface area (Å²) in [5, 5.41) is 0. The van der Waals surface area contributed by atoms with Crippen LogP contribution < -0.4 is 0 Å². The van der Waals surface area contributed by atoms with Crippen molar-refractivity contribution < 1.29 is 28.6 Å². The number of esters is 3. The number of hydrogen-bond acceptors (Lipinski definition) is 6. The summed E-state index contributed by atoms with van der Waals surface area (Å²) in [4.78, 5) is 38.4. The maximum Gasteiger partial charge on any atom is 0.306 e. The lowest BCUT2D eigenvalue weighted by Crippen LogP contribution is -2.30. The Balaban J connectivity index is 4.30. The van der Waals surface area contributed by atoms with Gasteiger partial charge in [-0.1, -0.05) is 311 Å². The topological polar surface area (TPSA) is 78.9 Å². The average Bonchev–Trinajstić information content (AvgIpc) is 3.46. The molecule has 0 bridgehead atoms. The number of rotatable bonds is 62. The lowest BCUT2D eigenvalue weighted by Gasteiger charge is -2.18. The highest BCUT2D eigenvalue weighted by molar-refractivity contribution is 5.71. The van der Waals surface area contributed by atoms with E-state index in [2.05, 4.69) is 118 Å². The van der Waals surface area contributed by atoms with Crippen LogP contribution in [0.15, 0.2) is 97.2 Å². The standard InChI is InChI=1S/C74H128O6/c1-4-7-10-13-16-19-22-25-27-29-31-33-34-35-36-37-38-39-40-42-43-45-47-49-52-55-58-61-64-67-73(76)79-70-71(69-78-72(75)66-63-60-57-54-51-24-21-18-15-12-9-6-3)80-74(77)68-65-62-59-56-53-50-48-46-44-41-32-30-28-26-23-20-17-14-11-8-5-2/h7,10,16,19,25,27,30-33,35-36,38-39,42-43,71H,4-6,8-9,11-15,17-18,20-24,26,28-29,34,37,40-41,44-70H2,1-3H3/b10-7-,19-16-,27-25-,32-30-,33-31-,36-35-,39-38-,43-42-. The van der Waals surface area contributed by atoms with Crippen LogP contribution in [-0.4, -0.2) is 37.2 Å². The van der Waals surface area contributed by atoms with Gasteiger partial charge in [0.15, 0.2) is 6.10 Å². The van der Waals surface area contributed by atoms with E-state index in [1.54, 1.807) is 0 Å². The van der Waals surface area contributed by atoms with Gasteiger partial charge in [0.1, 0.15) is 13.2 Å². The summed E-state index contributed by atoms with van der Waals surface area (Å²) >= 11 is 0. The van der Waals surface area contributed by atoms with Crippen molar-refractivity contribution in [3.63, 3.8) is 0 Å². The highest BCUT2D eigenvalue weighted by Gasteiger charge is 2.19. The van der Waals surface area contributed by atoms with E-state index in [0.717, 1.165) is 109 Å². The summed E-state index contributed by atoms with van der Waals surface area (Å²) in [6, 6.07) is 0. The molecule has 0 amide bonds. The van der Waals surface area contributed by atoms with Gasteiger partial charge in [-0.2, -0.15) is 0 Å². The molecular weight excluding hydrogens is 985 g/mol. The Morgan fingerprint density at radius 1 is 0.263 bits per heavy atom. The fourth-order valence-electron chi connectivity index (χ4n) is 9.71. The van der Waals surface area contributed by atoms with E-state index in [-0.39, 0.29) is 31.1 Å². The fraction of sp³-hybridized carbons (Fsp3) is 0.743. The summed E-state index contributed by atoms with van der Waals surface area (Å²) < 4.78 is 16.9. The summed E-state index contributed by atoms with van der Waals surface area (Å²) in [6.07, 6.45) is 91.3. The molecular formula is C74H128O6. The molecule has 6 heteroatoms. The number of carbonyl (C=O) groups excluding carboxylic acids is 3. The minimum absolute atomic E-state index is 0.0784. The van der Waals surface area contributed by atoms with E-state index in [9.17, 15) is 14.4 Å². The summed E-state index contributed by atoms with van der Waals surface area (Å²) in [5.41, 5.74) is 0. The van der Waals surface area contributed by atoms with Gasteiger partial charge in [-0.05, 0) is 103 Å². The predicted molar refractivity (Wildman–Crippen MR) is 348 cm³/mol. The zero-order valence-electron chi connectivity index (χ0n) is 52.8. The van der Waals surface area contributed by atoms with Crippen molar-refractivity contribution in [1.82, 2.24) is 0 Å². The van der Waals surface area contributed by atoms with E-state index in [4.69, 9.17) is 14.2 Å². The fourth-order valence-corrected chi connectivity index (χ4v) is 9.71. The van der Waals surface area contributed by atoms with Crippen molar-refractivity contribution in [1.29, 1.82) is 0 Å². The van der Waals surface area contributed by atoms with Crippen molar-refractivity contribution in [2.45, 2.75) is 341 Å². The molecule has 0 fully saturated rings. The minimum Gasteiger partial charge on any atom is -0.462 e. The Kier molecular flexibility index (Phi) is 64.7. The molecule has 6 nitrogen and oxygen atoms in total. The first-order valence-electron chi connectivity index (χ1n) is 34.2. The Hall–Kier alpha value is -3.67. The van der Waals surface area contributed by atoms with Crippen LogP contribution in [-0.2, 0) is 28.6 Å². The van der Waals surface area contributed by atoms with Crippen LogP contribution >= 0.6 is 0 Å². The van der Waals surface area contributed by atoms with Gasteiger partial charge in [-0.15, -0.1) is 0 Å². The number of hydrogen-bond donors (Lipinski definition) is 0. The van der Waals surface area contributed by atoms with Crippen LogP contribution in [0.3, 0.4) is 0 Å². The predicted octanol–water partition coefficient (Wildman–Crippen LogP) is 23.6. The Bertz CT molecular complexity index is 1560. The van der Waals surface area contributed by atoms with Gasteiger partial charge in [0.05, 0.1) is 0 Å². The SMILES string of the molecule is CC/C=C\C/C=C\C/C=C\C/C=C\C/C=C\C/C=C\C/C=C\CCCCCCCCCC(=O)OCC(COC(=O)CCCCCCCCCCCCCC)OC(=O)CCCCCCCCCCC/C=C\CCCCCCCCCC. The molecule has 460 valence electrons. The van der Waals surface area contributed by atoms with Crippen LogP contribution in [0.5, 0.6) is 0 Å². The Morgan fingerprint density at radius 2 is 0.487 bits per heavy atom. The first-order valence-corrected chi connectivity index (χ1v) is 34.2. The van der Waals surface area contributed by atoms with E-state index >= 15 is 0 Å². The molecule has 0 spiro atoms. The van der Waals surface area contributed by atoms with E-state index in [1.807, 2.05) is 0 Å².